The summed E-state index contributed by atoms with van der Waals surface area (Å²) in [6.07, 6.45) is 0. The molecule has 2 aromatic carbocycles. The molecule has 0 bridgehead atoms. The molecule has 3 aromatic rings. The molecule has 0 saturated carbocycles. The fraction of sp³-hybridized carbons (Fsp3) is 0.158. The van der Waals surface area contributed by atoms with Gasteiger partial charge in [0.1, 0.15) is 0 Å². The van der Waals surface area contributed by atoms with Crippen molar-refractivity contribution in [3.8, 4) is 21.7 Å². The van der Waals surface area contributed by atoms with Crippen LogP contribution in [0.15, 0.2) is 64.8 Å². The van der Waals surface area contributed by atoms with Crippen molar-refractivity contribution in [1.82, 2.24) is 4.57 Å². The molecule has 1 heterocycles. The van der Waals surface area contributed by atoms with E-state index in [1.54, 1.807) is 11.3 Å². The molecule has 5 heteroatoms. The lowest BCUT2D eigenvalue weighted by Gasteiger charge is -2.07. The second-order valence-electron chi connectivity index (χ2n) is 5.64. The Bertz CT molecular complexity index is 931. The topological polar surface area (TPSA) is 29.6 Å². The lowest BCUT2D eigenvalue weighted by molar-refractivity contribution is 0.863. The highest BCUT2D eigenvalue weighted by Crippen LogP contribution is 2.34. The number of benzene rings is 2. The Kier molecular flexibility index (Phi) is 4.97. The molecule has 0 atom stereocenters. The summed E-state index contributed by atoms with van der Waals surface area (Å²) in [4.78, 5) is 2.02. The van der Waals surface area contributed by atoms with Crippen LogP contribution in [0.4, 0.5) is 0 Å². The van der Waals surface area contributed by atoms with E-state index in [0.29, 0.717) is 0 Å². The van der Waals surface area contributed by atoms with E-state index in [9.17, 15) is 0 Å². The molecule has 24 heavy (non-hydrogen) atoms. The molecule has 0 amide bonds. The zero-order valence-corrected chi connectivity index (χ0v) is 15.4. The van der Waals surface area contributed by atoms with Crippen LogP contribution in [0.3, 0.4) is 0 Å². The molecule has 0 N–H and O–H groups in total. The Morgan fingerprint density at radius 3 is 2.25 bits per heavy atom. The quantitative estimate of drug-likeness (QED) is 0.446. The Balaban J connectivity index is 2.27. The highest BCUT2D eigenvalue weighted by atomic mass is 35.5. The highest BCUT2D eigenvalue weighted by molar-refractivity contribution is 7.13. The van der Waals surface area contributed by atoms with Crippen molar-refractivity contribution in [3.05, 3.63) is 64.4 Å². The lowest BCUT2D eigenvalue weighted by Crippen LogP contribution is -2.10. The van der Waals surface area contributed by atoms with E-state index in [-0.39, 0.29) is 0 Å². The molecule has 0 radical (unpaired) electrons. The summed E-state index contributed by atoms with van der Waals surface area (Å²) in [6.45, 7) is 3.88. The molecule has 3 nitrogen and oxygen atoms in total. The van der Waals surface area contributed by atoms with Crippen LogP contribution < -0.4 is 4.80 Å². The number of halogens is 1. The van der Waals surface area contributed by atoms with Gasteiger partial charge in [-0.15, -0.1) is 5.10 Å². The normalized spacial score (nSPS) is 11.6. The first kappa shape index (κ1) is 16.7. The first-order valence-corrected chi connectivity index (χ1v) is 8.82. The van der Waals surface area contributed by atoms with Gasteiger partial charge in [-0.1, -0.05) is 65.4 Å². The largest absolute Gasteiger partial charge is 0.318 e. The maximum Gasteiger partial charge on any atom is 0.211 e. The first-order valence-electron chi connectivity index (χ1n) is 7.62. The van der Waals surface area contributed by atoms with E-state index in [2.05, 4.69) is 26.9 Å². The Morgan fingerprint density at radius 1 is 0.958 bits per heavy atom. The predicted octanol–water partition coefficient (Wildman–Crippen LogP) is 5.37. The summed E-state index contributed by atoms with van der Waals surface area (Å²) in [7, 11) is 2.03. The van der Waals surface area contributed by atoms with Gasteiger partial charge in [0, 0.05) is 17.8 Å². The van der Waals surface area contributed by atoms with Crippen LogP contribution in [0.2, 0.25) is 5.02 Å². The monoisotopic (exact) mass is 355 g/mol. The van der Waals surface area contributed by atoms with Gasteiger partial charge in [-0.25, -0.2) is 0 Å². The standard InChI is InChI=1S/C19H18ClN3S/c1-13(2)21-22-19-23(3)17(14-7-5-4-6-8-14)18(24-19)15-9-11-16(20)12-10-15/h4-12H,1-3H3/b22-19-. The highest BCUT2D eigenvalue weighted by Gasteiger charge is 2.15. The van der Waals surface area contributed by atoms with Crippen molar-refractivity contribution >= 4 is 28.6 Å². The Labute approximate surface area is 150 Å². The van der Waals surface area contributed by atoms with Crippen LogP contribution in [0.5, 0.6) is 0 Å². The van der Waals surface area contributed by atoms with Crippen molar-refractivity contribution in [2.45, 2.75) is 13.8 Å². The molecule has 1 aromatic heterocycles. The van der Waals surface area contributed by atoms with Gasteiger partial charge < -0.3 is 4.57 Å². The van der Waals surface area contributed by atoms with Gasteiger partial charge in [0.25, 0.3) is 0 Å². The second kappa shape index (κ2) is 7.16. The van der Waals surface area contributed by atoms with Crippen LogP contribution in [0, 0.1) is 0 Å². The number of aromatic nitrogens is 1. The Hall–Kier alpha value is -2.17. The minimum atomic E-state index is 0.733. The average molecular weight is 356 g/mol. The van der Waals surface area contributed by atoms with Crippen molar-refractivity contribution in [2.24, 2.45) is 17.3 Å². The van der Waals surface area contributed by atoms with E-state index in [0.717, 1.165) is 37.2 Å². The molecule has 3 rings (SSSR count). The van der Waals surface area contributed by atoms with Crippen molar-refractivity contribution in [3.63, 3.8) is 0 Å². The average Bonchev–Trinajstić information content (AvgIpc) is 2.91. The molecule has 0 unspecified atom stereocenters. The number of hydrogen-bond donors (Lipinski definition) is 0. The zero-order chi connectivity index (χ0) is 17.1. The zero-order valence-electron chi connectivity index (χ0n) is 13.8. The van der Waals surface area contributed by atoms with E-state index in [1.165, 1.54) is 0 Å². The van der Waals surface area contributed by atoms with Crippen LogP contribution in [0.1, 0.15) is 13.8 Å². The summed E-state index contributed by atoms with van der Waals surface area (Å²) in [5, 5.41) is 9.35. The van der Waals surface area contributed by atoms with E-state index in [4.69, 9.17) is 11.6 Å². The third kappa shape index (κ3) is 3.50. The lowest BCUT2D eigenvalue weighted by atomic mass is 10.1. The summed E-state index contributed by atoms with van der Waals surface area (Å²) in [5.41, 5.74) is 4.33. The van der Waals surface area contributed by atoms with Gasteiger partial charge in [-0.05, 0) is 37.1 Å². The first-order chi connectivity index (χ1) is 11.6. The molecule has 0 aliphatic heterocycles. The van der Waals surface area contributed by atoms with E-state index >= 15 is 0 Å². The van der Waals surface area contributed by atoms with Crippen LogP contribution in [-0.4, -0.2) is 10.3 Å². The molecular weight excluding hydrogens is 338 g/mol. The second-order valence-corrected chi connectivity index (χ2v) is 7.06. The third-order valence-electron chi connectivity index (χ3n) is 3.52. The SMILES string of the molecule is CC(C)=N/N=c1\sc(-c2ccc(Cl)cc2)c(-c2ccccc2)n1C. The van der Waals surface area contributed by atoms with Gasteiger partial charge in [-0.2, -0.15) is 5.10 Å². The number of rotatable bonds is 3. The van der Waals surface area contributed by atoms with Gasteiger partial charge in [-0.3, -0.25) is 0 Å². The van der Waals surface area contributed by atoms with Gasteiger partial charge >= 0.3 is 0 Å². The van der Waals surface area contributed by atoms with Crippen LogP contribution in [-0.2, 0) is 7.05 Å². The van der Waals surface area contributed by atoms with Crippen molar-refractivity contribution in [2.75, 3.05) is 0 Å². The summed E-state index contributed by atoms with van der Waals surface area (Å²) in [5.74, 6) is 0. The van der Waals surface area contributed by atoms with Crippen LogP contribution >= 0.6 is 22.9 Å². The van der Waals surface area contributed by atoms with Gasteiger partial charge in [0.15, 0.2) is 0 Å². The smallest absolute Gasteiger partial charge is 0.211 e. The summed E-state index contributed by atoms with van der Waals surface area (Å²) >= 11 is 7.67. The minimum Gasteiger partial charge on any atom is -0.318 e. The fourth-order valence-electron chi connectivity index (χ4n) is 2.40. The van der Waals surface area contributed by atoms with E-state index in [1.807, 2.05) is 63.4 Å². The molecule has 0 saturated heterocycles. The summed E-state index contributed by atoms with van der Waals surface area (Å²) < 4.78 is 2.09. The molecule has 0 aliphatic carbocycles. The minimum absolute atomic E-state index is 0.733. The predicted molar refractivity (Wildman–Crippen MR) is 104 cm³/mol. The molecule has 0 aliphatic rings. The van der Waals surface area contributed by atoms with Crippen molar-refractivity contribution in [1.29, 1.82) is 0 Å². The third-order valence-corrected chi connectivity index (χ3v) is 4.94. The number of hydrogen-bond acceptors (Lipinski definition) is 3. The maximum atomic E-state index is 6.04. The Morgan fingerprint density at radius 2 is 1.62 bits per heavy atom. The van der Waals surface area contributed by atoms with Gasteiger partial charge in [0.05, 0.1) is 10.6 Å². The van der Waals surface area contributed by atoms with Gasteiger partial charge in [0.2, 0.25) is 4.80 Å². The van der Waals surface area contributed by atoms with Crippen molar-refractivity contribution < 1.29 is 0 Å². The fourth-order valence-corrected chi connectivity index (χ4v) is 3.63. The van der Waals surface area contributed by atoms with E-state index < -0.39 is 0 Å². The molecular formula is C19H18ClN3S. The maximum absolute atomic E-state index is 6.04. The summed E-state index contributed by atoms with van der Waals surface area (Å²) in [6, 6.07) is 18.2. The number of thiazole rings is 1. The number of nitrogens with zero attached hydrogens (tertiary/aromatic N) is 3. The van der Waals surface area contributed by atoms with Crippen LogP contribution in [0.25, 0.3) is 21.7 Å². The molecule has 0 fully saturated rings. The molecule has 122 valence electrons. The molecule has 0 spiro atoms.